The van der Waals surface area contributed by atoms with Gasteiger partial charge < -0.3 is 9.73 Å². The van der Waals surface area contributed by atoms with Crippen LogP contribution in [0, 0.1) is 0 Å². The fraction of sp³-hybridized carbons (Fsp3) is 0.667. The number of thioether (sulfide) groups is 1. The van der Waals surface area contributed by atoms with Crippen molar-refractivity contribution < 1.29 is 12.8 Å². The van der Waals surface area contributed by atoms with Crippen LogP contribution in [0.15, 0.2) is 21.6 Å². The van der Waals surface area contributed by atoms with Crippen LogP contribution in [0.3, 0.4) is 0 Å². The second-order valence-corrected chi connectivity index (χ2v) is 7.41. The van der Waals surface area contributed by atoms with Gasteiger partial charge in [0, 0.05) is 17.8 Å². The van der Waals surface area contributed by atoms with E-state index in [1.807, 2.05) is 13.2 Å². The van der Waals surface area contributed by atoms with E-state index >= 15 is 0 Å². The summed E-state index contributed by atoms with van der Waals surface area (Å²) in [7, 11) is -3.54. The number of nitrogens with one attached hydrogen (secondary N) is 2. The van der Waals surface area contributed by atoms with E-state index in [1.54, 1.807) is 17.8 Å². The van der Waals surface area contributed by atoms with Crippen molar-refractivity contribution in [3.63, 3.8) is 0 Å². The number of furan rings is 1. The molecule has 5 nitrogen and oxygen atoms in total. The standard InChI is InChI=1S/C12H20N2O3S2/c1-9(8-18-2)14-19(15,16)12-6-5-11(17-12)7-13-10-3-4-10/h5-6,9-10,13-14H,3-4,7-8H2,1-2H3. The fourth-order valence-electron chi connectivity index (χ4n) is 1.74. The van der Waals surface area contributed by atoms with Crippen LogP contribution in [0.1, 0.15) is 25.5 Å². The molecule has 1 aromatic rings. The zero-order chi connectivity index (χ0) is 13.9. The van der Waals surface area contributed by atoms with E-state index < -0.39 is 10.0 Å². The molecule has 1 aliphatic carbocycles. The summed E-state index contributed by atoms with van der Waals surface area (Å²) in [5.74, 6) is 1.39. The summed E-state index contributed by atoms with van der Waals surface area (Å²) in [5.41, 5.74) is 0. The molecule has 1 unspecified atom stereocenters. The van der Waals surface area contributed by atoms with Crippen LogP contribution in [-0.2, 0) is 16.6 Å². The molecule has 0 amide bonds. The Labute approximate surface area is 118 Å². The Hall–Kier alpha value is -0.500. The van der Waals surface area contributed by atoms with Gasteiger partial charge in [0.25, 0.3) is 10.0 Å². The lowest BCUT2D eigenvalue weighted by Crippen LogP contribution is -2.34. The van der Waals surface area contributed by atoms with E-state index in [0.717, 1.165) is 5.75 Å². The summed E-state index contributed by atoms with van der Waals surface area (Å²) in [6.45, 7) is 2.42. The SMILES string of the molecule is CSCC(C)NS(=O)(=O)c1ccc(CNC2CC2)o1. The molecule has 1 aromatic heterocycles. The van der Waals surface area contributed by atoms with Gasteiger partial charge in [-0.15, -0.1) is 0 Å². The Balaban J connectivity index is 1.95. The van der Waals surface area contributed by atoms with Gasteiger partial charge >= 0.3 is 0 Å². The third kappa shape index (κ3) is 4.52. The molecule has 19 heavy (non-hydrogen) atoms. The highest BCUT2D eigenvalue weighted by molar-refractivity contribution is 7.98. The van der Waals surface area contributed by atoms with E-state index in [-0.39, 0.29) is 11.1 Å². The van der Waals surface area contributed by atoms with E-state index in [0.29, 0.717) is 18.3 Å². The van der Waals surface area contributed by atoms with E-state index in [4.69, 9.17) is 4.42 Å². The third-order valence-electron chi connectivity index (χ3n) is 2.82. The van der Waals surface area contributed by atoms with Crippen molar-refractivity contribution >= 4 is 21.8 Å². The molecule has 1 aliphatic rings. The van der Waals surface area contributed by atoms with Crippen molar-refractivity contribution in [3.8, 4) is 0 Å². The van der Waals surface area contributed by atoms with Gasteiger partial charge in [-0.1, -0.05) is 0 Å². The molecule has 7 heteroatoms. The van der Waals surface area contributed by atoms with Crippen molar-refractivity contribution in [2.45, 2.75) is 43.5 Å². The molecule has 0 spiro atoms. The van der Waals surface area contributed by atoms with Crippen molar-refractivity contribution in [1.29, 1.82) is 0 Å². The minimum atomic E-state index is -3.54. The first-order valence-electron chi connectivity index (χ1n) is 6.34. The van der Waals surface area contributed by atoms with Crippen LogP contribution in [0.4, 0.5) is 0 Å². The molecule has 1 saturated carbocycles. The zero-order valence-corrected chi connectivity index (χ0v) is 12.8. The number of hydrogen-bond donors (Lipinski definition) is 2. The van der Waals surface area contributed by atoms with Crippen molar-refractivity contribution in [1.82, 2.24) is 10.0 Å². The minimum absolute atomic E-state index is 0.00644. The van der Waals surface area contributed by atoms with Crippen LogP contribution in [0.5, 0.6) is 0 Å². The lowest BCUT2D eigenvalue weighted by atomic mass is 10.4. The summed E-state index contributed by atoms with van der Waals surface area (Å²) < 4.78 is 32.1. The Morgan fingerprint density at radius 2 is 2.21 bits per heavy atom. The Bertz CT molecular complexity index is 509. The Kier molecular flexibility index (Phi) is 4.94. The average Bonchev–Trinajstić information content (AvgIpc) is 3.02. The quantitative estimate of drug-likeness (QED) is 0.762. The van der Waals surface area contributed by atoms with Gasteiger partial charge in [0.2, 0.25) is 5.09 Å². The van der Waals surface area contributed by atoms with Gasteiger partial charge in [0.05, 0.1) is 6.54 Å². The lowest BCUT2D eigenvalue weighted by Gasteiger charge is -2.11. The molecule has 1 heterocycles. The molecule has 108 valence electrons. The molecule has 1 fully saturated rings. The molecule has 1 atom stereocenters. The summed E-state index contributed by atoms with van der Waals surface area (Å²) in [6, 6.07) is 3.68. The number of sulfonamides is 1. The zero-order valence-electron chi connectivity index (χ0n) is 11.2. The minimum Gasteiger partial charge on any atom is -0.447 e. The van der Waals surface area contributed by atoms with Crippen LogP contribution < -0.4 is 10.0 Å². The first kappa shape index (κ1) is 14.9. The monoisotopic (exact) mass is 304 g/mol. The molecule has 0 radical (unpaired) electrons. The van der Waals surface area contributed by atoms with E-state index in [1.165, 1.54) is 18.9 Å². The van der Waals surface area contributed by atoms with E-state index in [9.17, 15) is 8.42 Å². The largest absolute Gasteiger partial charge is 0.447 e. The topological polar surface area (TPSA) is 71.3 Å². The van der Waals surface area contributed by atoms with Gasteiger partial charge in [-0.05, 0) is 38.2 Å². The highest BCUT2D eigenvalue weighted by Gasteiger charge is 2.23. The summed E-state index contributed by atoms with van der Waals surface area (Å²) in [4.78, 5) is 0. The first-order chi connectivity index (χ1) is 9.01. The third-order valence-corrected chi connectivity index (χ3v) is 5.11. The van der Waals surface area contributed by atoms with Crippen LogP contribution in [0.25, 0.3) is 0 Å². The van der Waals surface area contributed by atoms with Gasteiger partial charge in [-0.25, -0.2) is 13.1 Å². The lowest BCUT2D eigenvalue weighted by molar-refractivity contribution is 0.398. The number of hydrogen-bond acceptors (Lipinski definition) is 5. The Morgan fingerprint density at radius 3 is 2.84 bits per heavy atom. The predicted molar refractivity (Wildman–Crippen MR) is 76.7 cm³/mol. The summed E-state index contributed by atoms with van der Waals surface area (Å²) in [6.07, 6.45) is 4.33. The molecule has 0 aromatic carbocycles. The summed E-state index contributed by atoms with van der Waals surface area (Å²) >= 11 is 1.60. The van der Waals surface area contributed by atoms with Gasteiger partial charge in [0.15, 0.2) is 0 Å². The van der Waals surface area contributed by atoms with E-state index in [2.05, 4.69) is 10.0 Å². The van der Waals surface area contributed by atoms with Crippen LogP contribution in [-0.4, -0.2) is 32.5 Å². The summed E-state index contributed by atoms with van der Waals surface area (Å²) in [5, 5.41) is 3.28. The molecular weight excluding hydrogens is 284 g/mol. The maximum Gasteiger partial charge on any atom is 0.274 e. The number of rotatable bonds is 8. The van der Waals surface area contributed by atoms with Crippen molar-refractivity contribution in [3.05, 3.63) is 17.9 Å². The second-order valence-electron chi connectivity index (χ2n) is 4.85. The molecule has 2 rings (SSSR count). The smallest absolute Gasteiger partial charge is 0.274 e. The van der Waals surface area contributed by atoms with Gasteiger partial charge in [0.1, 0.15) is 5.76 Å². The molecule has 0 bridgehead atoms. The fourth-order valence-corrected chi connectivity index (χ4v) is 3.62. The normalized spacial score (nSPS) is 17.6. The van der Waals surface area contributed by atoms with Gasteiger partial charge in [-0.3, -0.25) is 0 Å². The molecular formula is C12H20N2O3S2. The van der Waals surface area contributed by atoms with Crippen molar-refractivity contribution in [2.24, 2.45) is 0 Å². The second kappa shape index (κ2) is 6.30. The van der Waals surface area contributed by atoms with Gasteiger partial charge in [-0.2, -0.15) is 11.8 Å². The highest BCUT2D eigenvalue weighted by atomic mass is 32.2. The van der Waals surface area contributed by atoms with Crippen LogP contribution in [0.2, 0.25) is 0 Å². The molecule has 0 aliphatic heterocycles. The predicted octanol–water partition coefficient (Wildman–Crippen LogP) is 1.56. The average molecular weight is 304 g/mol. The molecule has 0 saturated heterocycles. The Morgan fingerprint density at radius 1 is 1.47 bits per heavy atom. The maximum atomic E-state index is 12.0. The maximum absolute atomic E-state index is 12.0. The first-order valence-corrected chi connectivity index (χ1v) is 9.22. The van der Waals surface area contributed by atoms with Crippen molar-refractivity contribution in [2.75, 3.05) is 12.0 Å². The highest BCUT2D eigenvalue weighted by Crippen LogP contribution is 2.20. The van der Waals surface area contributed by atoms with Crippen LogP contribution >= 0.6 is 11.8 Å². The molecule has 2 N–H and O–H groups in total.